The normalized spacial score (nSPS) is 18.7. The van der Waals surface area contributed by atoms with Crippen molar-refractivity contribution in [3.8, 4) is 0 Å². The van der Waals surface area contributed by atoms with Crippen molar-refractivity contribution in [1.29, 1.82) is 0 Å². The van der Waals surface area contributed by atoms with Crippen LogP contribution in [0.5, 0.6) is 0 Å². The largest absolute Gasteiger partial charge is 0.357 e. The molecule has 156 valence electrons. The molecule has 1 aliphatic heterocycles. The molecule has 0 bridgehead atoms. The van der Waals surface area contributed by atoms with Gasteiger partial charge in [0.25, 0.3) is 0 Å². The third-order valence-electron chi connectivity index (χ3n) is 4.88. The Hall–Kier alpha value is -1.43. The molecule has 0 atom stereocenters. The number of fused-ring (bicyclic) bond motifs is 1. The number of pyridine rings is 1. The highest BCUT2D eigenvalue weighted by Gasteiger charge is 2.40. The van der Waals surface area contributed by atoms with Crippen LogP contribution >= 0.6 is 24.0 Å². The first kappa shape index (κ1) is 22.9. The number of sulfone groups is 1. The van der Waals surface area contributed by atoms with Crippen LogP contribution in [0.25, 0.3) is 5.65 Å². The maximum absolute atomic E-state index is 12.2. The van der Waals surface area contributed by atoms with Crippen LogP contribution in [0.3, 0.4) is 0 Å². The molecule has 0 aromatic carbocycles. The monoisotopic (exact) mass is 520 g/mol. The fourth-order valence-corrected chi connectivity index (χ4v) is 4.60. The topological polar surface area (TPSA) is 92.0 Å². The molecule has 28 heavy (non-hydrogen) atoms. The van der Waals surface area contributed by atoms with E-state index in [-0.39, 0.29) is 29.7 Å². The standard InChI is InChI=1S/C18H28N6O2S.HI/c1-4-19-17(23-12-13-27(25,26)18(2,3)14-23)20-10-7-9-16-22-21-15-8-5-6-11-24(15)16;/h5-6,8,11H,4,7,9-10,12-14H2,1-3H3,(H,19,20);1H. The number of aliphatic imine (C=N–C) groups is 1. The summed E-state index contributed by atoms with van der Waals surface area (Å²) in [5, 5.41) is 11.7. The lowest BCUT2D eigenvalue weighted by Gasteiger charge is -2.39. The maximum Gasteiger partial charge on any atom is 0.193 e. The molecule has 2 aromatic heterocycles. The molecule has 10 heteroatoms. The van der Waals surface area contributed by atoms with Crippen molar-refractivity contribution in [2.24, 2.45) is 4.99 Å². The van der Waals surface area contributed by atoms with Crippen molar-refractivity contribution < 1.29 is 8.42 Å². The highest BCUT2D eigenvalue weighted by atomic mass is 127. The highest BCUT2D eigenvalue weighted by molar-refractivity contribution is 14.0. The van der Waals surface area contributed by atoms with Gasteiger partial charge in [-0.2, -0.15) is 0 Å². The zero-order valence-electron chi connectivity index (χ0n) is 16.6. The number of guanidine groups is 1. The summed E-state index contributed by atoms with van der Waals surface area (Å²) < 4.78 is 25.7. The summed E-state index contributed by atoms with van der Waals surface area (Å²) in [5.74, 6) is 1.87. The summed E-state index contributed by atoms with van der Waals surface area (Å²) >= 11 is 0. The Morgan fingerprint density at radius 1 is 1.32 bits per heavy atom. The van der Waals surface area contributed by atoms with E-state index in [9.17, 15) is 8.42 Å². The Morgan fingerprint density at radius 3 is 2.82 bits per heavy atom. The van der Waals surface area contributed by atoms with Crippen LogP contribution in [0.15, 0.2) is 29.4 Å². The first-order valence-electron chi connectivity index (χ1n) is 9.38. The Labute approximate surface area is 183 Å². The zero-order chi connectivity index (χ0) is 19.5. The molecule has 0 unspecified atom stereocenters. The summed E-state index contributed by atoms with van der Waals surface area (Å²) in [6.45, 7) is 7.92. The second-order valence-corrected chi connectivity index (χ2v) is 10.1. The number of rotatable bonds is 5. The summed E-state index contributed by atoms with van der Waals surface area (Å²) in [5.41, 5.74) is 0.848. The van der Waals surface area contributed by atoms with Gasteiger partial charge in [0.05, 0.1) is 10.5 Å². The van der Waals surface area contributed by atoms with Crippen LogP contribution in [-0.2, 0) is 16.3 Å². The van der Waals surface area contributed by atoms with Crippen LogP contribution in [0.4, 0.5) is 0 Å². The van der Waals surface area contributed by atoms with Gasteiger partial charge in [-0.3, -0.25) is 9.39 Å². The molecule has 8 nitrogen and oxygen atoms in total. The van der Waals surface area contributed by atoms with E-state index < -0.39 is 14.6 Å². The van der Waals surface area contributed by atoms with Gasteiger partial charge in [-0.15, -0.1) is 34.2 Å². The number of nitrogens with one attached hydrogen (secondary N) is 1. The lowest BCUT2D eigenvalue weighted by atomic mass is 10.2. The molecule has 0 spiro atoms. The van der Waals surface area contributed by atoms with Crippen molar-refractivity contribution in [2.75, 3.05) is 31.9 Å². The van der Waals surface area contributed by atoms with Crippen LogP contribution in [-0.4, -0.2) is 70.6 Å². The molecule has 1 N–H and O–H groups in total. The van der Waals surface area contributed by atoms with E-state index in [0.717, 1.165) is 36.8 Å². The minimum absolute atomic E-state index is 0. The fourth-order valence-electron chi connectivity index (χ4n) is 3.23. The van der Waals surface area contributed by atoms with Gasteiger partial charge in [0, 0.05) is 38.8 Å². The SMILES string of the molecule is CCNC(=NCCCc1nnc2ccccn12)N1CCS(=O)(=O)C(C)(C)C1.I. The average Bonchev–Trinajstić information content (AvgIpc) is 3.03. The number of hydrogen-bond donors (Lipinski definition) is 1. The zero-order valence-corrected chi connectivity index (χ0v) is 19.8. The first-order chi connectivity index (χ1) is 12.8. The molecule has 3 heterocycles. The van der Waals surface area contributed by atoms with Crippen LogP contribution in [0.1, 0.15) is 33.0 Å². The van der Waals surface area contributed by atoms with Gasteiger partial charge in [0.15, 0.2) is 21.4 Å². The fraction of sp³-hybridized carbons (Fsp3) is 0.611. The van der Waals surface area contributed by atoms with Crippen LogP contribution in [0, 0.1) is 0 Å². The van der Waals surface area contributed by atoms with E-state index >= 15 is 0 Å². The Bertz CT molecular complexity index is 925. The highest BCUT2D eigenvalue weighted by Crippen LogP contribution is 2.23. The van der Waals surface area contributed by atoms with E-state index in [4.69, 9.17) is 4.99 Å². The number of halogens is 1. The van der Waals surface area contributed by atoms with Gasteiger partial charge in [-0.05, 0) is 39.3 Å². The van der Waals surface area contributed by atoms with Crippen molar-refractivity contribution >= 4 is 45.4 Å². The molecule has 1 saturated heterocycles. The maximum atomic E-state index is 12.2. The molecular weight excluding hydrogens is 491 g/mol. The lowest BCUT2D eigenvalue weighted by Crippen LogP contribution is -2.57. The molecule has 0 saturated carbocycles. The van der Waals surface area contributed by atoms with Gasteiger partial charge in [-0.25, -0.2) is 8.42 Å². The van der Waals surface area contributed by atoms with Crippen molar-refractivity contribution in [2.45, 2.75) is 38.4 Å². The third-order valence-corrected chi connectivity index (χ3v) is 7.42. The molecule has 0 amide bonds. The smallest absolute Gasteiger partial charge is 0.193 e. The molecule has 0 radical (unpaired) electrons. The average molecular weight is 520 g/mol. The summed E-state index contributed by atoms with van der Waals surface area (Å²) in [4.78, 5) is 6.76. The van der Waals surface area contributed by atoms with Gasteiger partial charge in [0.1, 0.15) is 5.82 Å². The third kappa shape index (κ3) is 4.94. The minimum atomic E-state index is -3.06. The predicted octanol–water partition coefficient (Wildman–Crippen LogP) is 1.75. The van der Waals surface area contributed by atoms with Crippen molar-refractivity contribution in [3.63, 3.8) is 0 Å². The summed E-state index contributed by atoms with van der Waals surface area (Å²) in [6, 6.07) is 5.85. The van der Waals surface area contributed by atoms with E-state index in [0.29, 0.717) is 19.6 Å². The van der Waals surface area contributed by atoms with Crippen LogP contribution in [0.2, 0.25) is 0 Å². The van der Waals surface area contributed by atoms with E-state index in [1.807, 2.05) is 35.7 Å². The summed E-state index contributed by atoms with van der Waals surface area (Å²) in [6.07, 6.45) is 3.60. The predicted molar refractivity (Wildman–Crippen MR) is 122 cm³/mol. The number of hydrogen-bond acceptors (Lipinski definition) is 5. The van der Waals surface area contributed by atoms with Gasteiger partial charge >= 0.3 is 0 Å². The van der Waals surface area contributed by atoms with Gasteiger partial charge in [0.2, 0.25) is 0 Å². The second-order valence-electron chi connectivity index (χ2n) is 7.38. The molecule has 2 aromatic rings. The van der Waals surface area contributed by atoms with Crippen LogP contribution < -0.4 is 5.32 Å². The van der Waals surface area contributed by atoms with E-state index in [1.165, 1.54) is 0 Å². The Kier molecular flexibility index (Phi) is 7.66. The minimum Gasteiger partial charge on any atom is -0.357 e. The molecular formula is C18H29IN6O2S. The Morgan fingerprint density at radius 2 is 2.11 bits per heavy atom. The molecule has 1 aliphatic rings. The lowest BCUT2D eigenvalue weighted by molar-refractivity contribution is 0.353. The molecule has 1 fully saturated rings. The Balaban J connectivity index is 0.00000280. The van der Waals surface area contributed by atoms with Crippen molar-refractivity contribution in [3.05, 3.63) is 30.2 Å². The van der Waals surface area contributed by atoms with Crippen molar-refractivity contribution in [1.82, 2.24) is 24.8 Å². The number of aromatic nitrogens is 3. The first-order valence-corrected chi connectivity index (χ1v) is 11.0. The quantitative estimate of drug-likeness (QED) is 0.280. The molecule has 0 aliphatic carbocycles. The van der Waals surface area contributed by atoms with Gasteiger partial charge < -0.3 is 10.2 Å². The van der Waals surface area contributed by atoms with E-state index in [2.05, 4.69) is 20.4 Å². The number of aryl methyl sites for hydroxylation is 1. The second kappa shape index (κ2) is 9.38. The number of nitrogens with zero attached hydrogens (tertiary/aromatic N) is 5. The van der Waals surface area contributed by atoms with Gasteiger partial charge in [-0.1, -0.05) is 6.07 Å². The molecule has 3 rings (SSSR count). The van der Waals surface area contributed by atoms with E-state index in [1.54, 1.807) is 13.8 Å². The summed E-state index contributed by atoms with van der Waals surface area (Å²) in [7, 11) is -3.06.